The molecule has 0 radical (unpaired) electrons. The van der Waals surface area contributed by atoms with Crippen LogP contribution in [0.5, 0.6) is 0 Å². The van der Waals surface area contributed by atoms with Gasteiger partial charge in [-0.1, -0.05) is 18.2 Å². The zero-order valence-electron chi connectivity index (χ0n) is 14.9. The predicted molar refractivity (Wildman–Crippen MR) is 99.9 cm³/mol. The maximum Gasteiger partial charge on any atom is 0.319 e. The first-order valence-corrected chi connectivity index (χ1v) is 8.97. The molecule has 0 bridgehead atoms. The van der Waals surface area contributed by atoms with E-state index in [1.807, 2.05) is 16.8 Å². The smallest absolute Gasteiger partial charge is 0.319 e. The molecule has 8 nitrogen and oxygen atoms in total. The van der Waals surface area contributed by atoms with Gasteiger partial charge in [-0.3, -0.25) is 0 Å². The van der Waals surface area contributed by atoms with Crippen LogP contribution in [-0.2, 0) is 0 Å². The summed E-state index contributed by atoms with van der Waals surface area (Å²) in [7, 11) is 0. The van der Waals surface area contributed by atoms with Gasteiger partial charge in [0.15, 0.2) is 5.82 Å². The van der Waals surface area contributed by atoms with Crippen LogP contribution in [0.25, 0.3) is 11.4 Å². The summed E-state index contributed by atoms with van der Waals surface area (Å²) in [4.78, 5) is 12.0. The second kappa shape index (κ2) is 7.73. The number of aliphatic hydroxyl groups excluding tert-OH is 1. The SMILES string of the molecule is O=C(NCC(O)c1ccccc1F)Nc1ccc(-c2nnnn2C2CC2)cc1. The maximum absolute atomic E-state index is 13.6. The molecule has 1 aromatic heterocycles. The van der Waals surface area contributed by atoms with Crippen molar-refractivity contribution in [1.82, 2.24) is 25.5 Å². The zero-order valence-corrected chi connectivity index (χ0v) is 14.9. The number of anilines is 1. The molecule has 9 heteroatoms. The molecule has 1 fully saturated rings. The number of hydrogen-bond acceptors (Lipinski definition) is 5. The van der Waals surface area contributed by atoms with Crippen LogP contribution in [0.3, 0.4) is 0 Å². The van der Waals surface area contributed by atoms with E-state index >= 15 is 0 Å². The number of nitrogens with one attached hydrogen (secondary N) is 2. The summed E-state index contributed by atoms with van der Waals surface area (Å²) in [6.07, 6.45) is 1.03. The van der Waals surface area contributed by atoms with Gasteiger partial charge in [0, 0.05) is 23.4 Å². The molecule has 1 aliphatic carbocycles. The number of nitrogens with zero attached hydrogens (tertiary/aromatic N) is 4. The van der Waals surface area contributed by atoms with Gasteiger partial charge in [-0.05, 0) is 53.6 Å². The lowest BCUT2D eigenvalue weighted by atomic mass is 10.1. The minimum atomic E-state index is -1.13. The molecular weight excluding hydrogens is 363 g/mol. The number of amides is 2. The fourth-order valence-corrected chi connectivity index (χ4v) is 2.87. The van der Waals surface area contributed by atoms with Crippen molar-refractivity contribution in [3.63, 3.8) is 0 Å². The van der Waals surface area contributed by atoms with Gasteiger partial charge in [0.2, 0.25) is 0 Å². The average Bonchev–Trinajstić information content (AvgIpc) is 3.44. The summed E-state index contributed by atoms with van der Waals surface area (Å²) in [6, 6.07) is 12.9. The Balaban J connectivity index is 1.33. The number of aliphatic hydroxyl groups is 1. The van der Waals surface area contributed by atoms with Crippen molar-refractivity contribution in [1.29, 1.82) is 0 Å². The van der Waals surface area contributed by atoms with Crippen LogP contribution in [0.2, 0.25) is 0 Å². The molecule has 1 aliphatic rings. The first-order valence-electron chi connectivity index (χ1n) is 8.97. The third kappa shape index (κ3) is 3.99. The lowest BCUT2D eigenvalue weighted by Gasteiger charge is -2.13. The highest BCUT2D eigenvalue weighted by Gasteiger charge is 2.28. The van der Waals surface area contributed by atoms with E-state index in [1.54, 1.807) is 24.3 Å². The minimum absolute atomic E-state index is 0.110. The molecule has 1 heterocycles. The van der Waals surface area contributed by atoms with Gasteiger partial charge >= 0.3 is 6.03 Å². The third-order valence-corrected chi connectivity index (χ3v) is 4.51. The van der Waals surface area contributed by atoms with E-state index in [0.29, 0.717) is 17.6 Å². The second-order valence-corrected chi connectivity index (χ2v) is 6.63. The van der Waals surface area contributed by atoms with Crippen LogP contribution in [0.1, 0.15) is 30.6 Å². The Morgan fingerprint density at radius 3 is 2.68 bits per heavy atom. The van der Waals surface area contributed by atoms with Crippen molar-refractivity contribution in [2.75, 3.05) is 11.9 Å². The van der Waals surface area contributed by atoms with Crippen molar-refractivity contribution >= 4 is 11.7 Å². The number of tetrazole rings is 1. The molecule has 3 aromatic rings. The molecule has 2 amide bonds. The standard InChI is InChI=1S/C19H19FN6O2/c20-16-4-2-1-3-15(16)17(27)11-21-19(28)22-13-7-5-12(6-8-13)18-23-24-25-26(18)14-9-10-14/h1-8,14,17,27H,9-11H2,(H2,21,22,28). The molecule has 3 N–H and O–H groups in total. The van der Waals surface area contributed by atoms with Gasteiger partial charge in [0.1, 0.15) is 5.82 Å². The molecule has 1 unspecified atom stereocenters. The van der Waals surface area contributed by atoms with Crippen LogP contribution in [0.15, 0.2) is 48.5 Å². The van der Waals surface area contributed by atoms with E-state index in [4.69, 9.17) is 0 Å². The lowest BCUT2D eigenvalue weighted by Crippen LogP contribution is -2.32. The van der Waals surface area contributed by atoms with Crippen molar-refractivity contribution in [3.8, 4) is 11.4 Å². The van der Waals surface area contributed by atoms with Crippen molar-refractivity contribution < 1.29 is 14.3 Å². The second-order valence-electron chi connectivity index (χ2n) is 6.63. The summed E-state index contributed by atoms with van der Waals surface area (Å²) in [6.45, 7) is -0.110. The first-order chi connectivity index (χ1) is 13.6. The van der Waals surface area contributed by atoms with Gasteiger partial charge in [-0.2, -0.15) is 0 Å². The highest BCUT2D eigenvalue weighted by atomic mass is 19.1. The van der Waals surface area contributed by atoms with Gasteiger partial charge in [-0.15, -0.1) is 5.10 Å². The Hall–Kier alpha value is -3.33. The number of carbonyl (C=O) groups is 1. The number of urea groups is 1. The first kappa shape index (κ1) is 18.1. The maximum atomic E-state index is 13.6. The Bertz CT molecular complexity index is 971. The third-order valence-electron chi connectivity index (χ3n) is 4.51. The Morgan fingerprint density at radius 2 is 1.96 bits per heavy atom. The molecule has 2 aromatic carbocycles. The summed E-state index contributed by atoms with van der Waals surface area (Å²) in [5, 5.41) is 27.1. The Kier molecular flexibility index (Phi) is 4.98. The Labute approximate surface area is 160 Å². The van der Waals surface area contributed by atoms with Gasteiger partial charge in [0.05, 0.1) is 12.1 Å². The van der Waals surface area contributed by atoms with E-state index in [1.165, 1.54) is 12.1 Å². The summed E-state index contributed by atoms with van der Waals surface area (Å²) in [5.74, 6) is 0.188. The Morgan fingerprint density at radius 1 is 1.21 bits per heavy atom. The number of carbonyl (C=O) groups excluding carboxylic acids is 1. The highest BCUT2D eigenvalue weighted by molar-refractivity contribution is 5.89. The number of benzene rings is 2. The van der Waals surface area contributed by atoms with Gasteiger partial charge in [0.25, 0.3) is 0 Å². The largest absolute Gasteiger partial charge is 0.386 e. The van der Waals surface area contributed by atoms with E-state index in [2.05, 4.69) is 26.2 Å². The van der Waals surface area contributed by atoms with Crippen molar-refractivity contribution in [2.45, 2.75) is 25.0 Å². The average molecular weight is 382 g/mol. The number of rotatable bonds is 6. The zero-order chi connectivity index (χ0) is 19.5. The topological polar surface area (TPSA) is 105 Å². The number of halogens is 1. The summed E-state index contributed by atoms with van der Waals surface area (Å²) < 4.78 is 15.5. The number of aromatic nitrogens is 4. The van der Waals surface area contributed by atoms with Crippen molar-refractivity contribution in [2.24, 2.45) is 0 Å². The molecule has 0 saturated heterocycles. The highest BCUT2D eigenvalue weighted by Crippen LogP contribution is 2.36. The van der Waals surface area contributed by atoms with Crippen LogP contribution >= 0.6 is 0 Å². The van der Waals surface area contributed by atoms with Crippen LogP contribution < -0.4 is 10.6 Å². The summed E-state index contributed by atoms with van der Waals surface area (Å²) >= 11 is 0. The molecule has 28 heavy (non-hydrogen) atoms. The van der Waals surface area contributed by atoms with E-state index in [9.17, 15) is 14.3 Å². The van der Waals surface area contributed by atoms with Crippen molar-refractivity contribution in [3.05, 3.63) is 59.9 Å². The van der Waals surface area contributed by atoms with E-state index < -0.39 is 18.0 Å². The minimum Gasteiger partial charge on any atom is -0.386 e. The summed E-state index contributed by atoms with van der Waals surface area (Å²) in [5.41, 5.74) is 1.57. The van der Waals surface area contributed by atoms with Crippen LogP contribution in [0, 0.1) is 5.82 Å². The van der Waals surface area contributed by atoms with E-state index in [0.717, 1.165) is 18.4 Å². The van der Waals surface area contributed by atoms with Gasteiger partial charge in [-0.25, -0.2) is 13.9 Å². The molecule has 4 rings (SSSR count). The lowest BCUT2D eigenvalue weighted by molar-refractivity contribution is 0.170. The number of hydrogen-bond donors (Lipinski definition) is 3. The van der Waals surface area contributed by atoms with Gasteiger partial charge < -0.3 is 15.7 Å². The molecule has 1 atom stereocenters. The molecular formula is C19H19FN6O2. The normalized spacial score (nSPS) is 14.5. The molecule has 144 valence electrons. The van der Waals surface area contributed by atoms with Crippen LogP contribution in [-0.4, -0.2) is 37.9 Å². The monoisotopic (exact) mass is 382 g/mol. The quantitative estimate of drug-likeness (QED) is 0.608. The predicted octanol–water partition coefficient (Wildman–Crippen LogP) is 2.67. The van der Waals surface area contributed by atoms with Crippen LogP contribution in [0.4, 0.5) is 14.9 Å². The fourth-order valence-electron chi connectivity index (χ4n) is 2.87. The fraction of sp³-hybridized carbons (Fsp3) is 0.263. The molecule has 1 saturated carbocycles. The van der Waals surface area contributed by atoms with E-state index in [-0.39, 0.29) is 12.1 Å². The molecule has 0 aliphatic heterocycles. The molecule has 0 spiro atoms.